The van der Waals surface area contributed by atoms with Crippen molar-refractivity contribution in [3.05, 3.63) is 76.8 Å². The number of hydrogen-bond acceptors (Lipinski definition) is 3. The first-order valence-electron chi connectivity index (χ1n) is 8.00. The highest BCUT2D eigenvalue weighted by atomic mass is 35.5. The van der Waals surface area contributed by atoms with E-state index < -0.39 is 10.0 Å². The monoisotopic (exact) mass is 389 g/mol. The Morgan fingerprint density at radius 3 is 2.35 bits per heavy atom. The Morgan fingerprint density at radius 2 is 1.73 bits per heavy atom. The van der Waals surface area contributed by atoms with Crippen LogP contribution in [0.5, 0.6) is 0 Å². The lowest BCUT2D eigenvalue weighted by atomic mass is 10.2. The SMILES string of the molecule is Cc1ccc(S(=O)(=O)N(CC#Cc2ccc(Cl)cc2)C/C=C\CO)cc1. The lowest BCUT2D eigenvalue weighted by molar-refractivity contribution is 0.342. The van der Waals surface area contributed by atoms with Crippen LogP contribution in [-0.2, 0) is 10.0 Å². The van der Waals surface area contributed by atoms with E-state index >= 15 is 0 Å². The molecule has 2 aromatic rings. The molecule has 0 atom stereocenters. The molecule has 0 spiro atoms. The van der Waals surface area contributed by atoms with Gasteiger partial charge in [-0.05, 0) is 43.3 Å². The molecule has 26 heavy (non-hydrogen) atoms. The van der Waals surface area contributed by atoms with E-state index in [0.717, 1.165) is 11.1 Å². The van der Waals surface area contributed by atoms with E-state index in [-0.39, 0.29) is 24.6 Å². The fourth-order valence-corrected chi connectivity index (χ4v) is 3.56. The van der Waals surface area contributed by atoms with Crippen molar-refractivity contribution in [2.75, 3.05) is 19.7 Å². The summed E-state index contributed by atoms with van der Waals surface area (Å²) in [5, 5.41) is 9.50. The summed E-state index contributed by atoms with van der Waals surface area (Å²) in [4.78, 5) is 0.216. The van der Waals surface area contributed by atoms with Gasteiger partial charge in [0.1, 0.15) is 0 Å². The zero-order valence-corrected chi connectivity index (χ0v) is 16.0. The van der Waals surface area contributed by atoms with Gasteiger partial charge < -0.3 is 5.11 Å². The molecule has 0 aliphatic carbocycles. The van der Waals surface area contributed by atoms with Gasteiger partial charge in [0.05, 0.1) is 18.0 Å². The Balaban J connectivity index is 2.24. The first-order valence-corrected chi connectivity index (χ1v) is 9.82. The summed E-state index contributed by atoms with van der Waals surface area (Å²) in [7, 11) is -3.68. The summed E-state index contributed by atoms with van der Waals surface area (Å²) >= 11 is 5.84. The van der Waals surface area contributed by atoms with Crippen molar-refractivity contribution in [2.24, 2.45) is 0 Å². The minimum Gasteiger partial charge on any atom is -0.392 e. The third kappa shape index (κ3) is 5.72. The number of rotatable bonds is 6. The number of aryl methyl sites for hydroxylation is 1. The summed E-state index contributed by atoms with van der Waals surface area (Å²) in [6.07, 6.45) is 3.11. The van der Waals surface area contributed by atoms with Crippen LogP contribution in [0.2, 0.25) is 5.02 Å². The second kappa shape index (κ2) is 9.56. The predicted molar refractivity (Wildman–Crippen MR) is 104 cm³/mol. The standard InChI is InChI=1S/C20H20ClNO3S/c1-17-6-12-20(13-7-17)26(24,25)22(14-2-3-16-23)15-4-5-18-8-10-19(21)11-9-18/h2-3,6-13,23H,14-16H2,1H3/b3-2-. The van der Waals surface area contributed by atoms with Crippen LogP contribution in [0.25, 0.3) is 0 Å². The van der Waals surface area contributed by atoms with Crippen LogP contribution in [0.1, 0.15) is 11.1 Å². The maximum atomic E-state index is 12.9. The van der Waals surface area contributed by atoms with E-state index in [0.29, 0.717) is 5.02 Å². The Morgan fingerprint density at radius 1 is 1.08 bits per heavy atom. The van der Waals surface area contributed by atoms with Crippen LogP contribution in [0.15, 0.2) is 65.6 Å². The summed E-state index contributed by atoms with van der Waals surface area (Å²) in [5.41, 5.74) is 1.74. The average Bonchev–Trinajstić information content (AvgIpc) is 2.62. The molecular formula is C20H20ClNO3S. The largest absolute Gasteiger partial charge is 0.392 e. The van der Waals surface area contributed by atoms with Crippen LogP contribution < -0.4 is 0 Å². The molecule has 0 aromatic heterocycles. The molecule has 1 N–H and O–H groups in total. The topological polar surface area (TPSA) is 57.6 Å². The van der Waals surface area contributed by atoms with Crippen molar-refractivity contribution in [2.45, 2.75) is 11.8 Å². The molecule has 0 fully saturated rings. The molecule has 0 amide bonds. The molecule has 0 saturated carbocycles. The van der Waals surface area contributed by atoms with Gasteiger partial charge in [0.2, 0.25) is 10.0 Å². The maximum Gasteiger partial charge on any atom is 0.244 e. The van der Waals surface area contributed by atoms with Crippen molar-refractivity contribution in [1.29, 1.82) is 0 Å². The van der Waals surface area contributed by atoms with Gasteiger partial charge in [-0.3, -0.25) is 0 Å². The molecule has 136 valence electrons. The molecule has 0 bridgehead atoms. The molecule has 6 heteroatoms. The first kappa shape index (κ1) is 20.2. The van der Waals surface area contributed by atoms with Crippen molar-refractivity contribution in [3.8, 4) is 11.8 Å². The van der Waals surface area contributed by atoms with Gasteiger partial charge in [-0.15, -0.1) is 0 Å². The van der Waals surface area contributed by atoms with E-state index in [1.54, 1.807) is 54.6 Å². The fraction of sp³-hybridized carbons (Fsp3) is 0.200. The van der Waals surface area contributed by atoms with Crippen LogP contribution in [0.3, 0.4) is 0 Å². The second-order valence-corrected chi connectivity index (χ2v) is 7.95. The molecule has 0 radical (unpaired) electrons. The van der Waals surface area contributed by atoms with E-state index in [4.69, 9.17) is 16.7 Å². The normalized spacial score (nSPS) is 11.5. The highest BCUT2D eigenvalue weighted by Gasteiger charge is 2.22. The lowest BCUT2D eigenvalue weighted by Gasteiger charge is -2.18. The molecule has 2 aromatic carbocycles. The summed E-state index contributed by atoms with van der Waals surface area (Å²) < 4.78 is 27.0. The second-order valence-electron chi connectivity index (χ2n) is 5.57. The predicted octanol–water partition coefficient (Wildman–Crippen LogP) is 3.24. The number of sulfonamides is 1. The summed E-state index contributed by atoms with van der Waals surface area (Å²) in [6.45, 7) is 1.92. The zero-order chi connectivity index (χ0) is 19.0. The van der Waals surface area contributed by atoms with Crippen molar-refractivity contribution in [1.82, 2.24) is 4.31 Å². The van der Waals surface area contributed by atoms with Crippen LogP contribution in [-0.4, -0.2) is 37.5 Å². The van der Waals surface area contributed by atoms with Crippen molar-refractivity contribution in [3.63, 3.8) is 0 Å². The Hall–Kier alpha value is -2.10. The van der Waals surface area contributed by atoms with E-state index in [9.17, 15) is 8.42 Å². The summed E-state index contributed by atoms with van der Waals surface area (Å²) in [5.74, 6) is 5.83. The quantitative estimate of drug-likeness (QED) is 0.609. The van der Waals surface area contributed by atoms with Crippen LogP contribution in [0, 0.1) is 18.8 Å². The van der Waals surface area contributed by atoms with Gasteiger partial charge in [-0.1, -0.05) is 53.3 Å². The van der Waals surface area contributed by atoms with E-state index in [1.807, 2.05) is 6.92 Å². The number of halogens is 1. The molecule has 4 nitrogen and oxygen atoms in total. The van der Waals surface area contributed by atoms with Crippen molar-refractivity contribution < 1.29 is 13.5 Å². The van der Waals surface area contributed by atoms with E-state index in [2.05, 4.69) is 11.8 Å². The third-order valence-corrected chi connectivity index (χ3v) is 5.65. The number of aliphatic hydroxyl groups excluding tert-OH is 1. The smallest absolute Gasteiger partial charge is 0.244 e. The highest BCUT2D eigenvalue weighted by molar-refractivity contribution is 7.89. The molecule has 0 aliphatic rings. The minimum atomic E-state index is -3.68. The van der Waals surface area contributed by atoms with Gasteiger partial charge in [-0.2, -0.15) is 4.31 Å². The lowest BCUT2D eigenvalue weighted by Crippen LogP contribution is -2.31. The number of nitrogens with zero attached hydrogens (tertiary/aromatic N) is 1. The molecule has 2 rings (SSSR count). The minimum absolute atomic E-state index is 0.0363. The first-order chi connectivity index (χ1) is 12.4. The number of hydrogen-bond donors (Lipinski definition) is 1. The highest BCUT2D eigenvalue weighted by Crippen LogP contribution is 2.16. The Kier molecular flexibility index (Phi) is 7.43. The van der Waals surface area contributed by atoms with Gasteiger partial charge in [-0.25, -0.2) is 8.42 Å². The van der Waals surface area contributed by atoms with Gasteiger partial charge in [0.15, 0.2) is 0 Å². The maximum absolute atomic E-state index is 12.9. The molecule has 0 heterocycles. The number of benzene rings is 2. The Labute approximate surface area is 159 Å². The summed E-state index contributed by atoms with van der Waals surface area (Å²) in [6, 6.07) is 13.7. The van der Waals surface area contributed by atoms with E-state index in [1.165, 1.54) is 10.4 Å². The fourth-order valence-electron chi connectivity index (χ4n) is 2.14. The van der Waals surface area contributed by atoms with Gasteiger partial charge in [0.25, 0.3) is 0 Å². The average molecular weight is 390 g/mol. The van der Waals surface area contributed by atoms with Crippen LogP contribution in [0.4, 0.5) is 0 Å². The molecule has 0 unspecified atom stereocenters. The Bertz CT molecular complexity index is 908. The zero-order valence-electron chi connectivity index (χ0n) is 14.4. The van der Waals surface area contributed by atoms with Crippen molar-refractivity contribution >= 4 is 21.6 Å². The van der Waals surface area contributed by atoms with Gasteiger partial charge >= 0.3 is 0 Å². The number of aliphatic hydroxyl groups is 1. The molecule has 0 aliphatic heterocycles. The molecular weight excluding hydrogens is 370 g/mol. The molecule has 0 saturated heterocycles. The van der Waals surface area contributed by atoms with Crippen LogP contribution >= 0.6 is 11.6 Å². The third-order valence-electron chi connectivity index (χ3n) is 3.57. The van der Waals surface area contributed by atoms with Gasteiger partial charge in [0, 0.05) is 17.1 Å².